The van der Waals surface area contributed by atoms with Crippen LogP contribution in [0.4, 0.5) is 0 Å². The molecule has 2 heterocycles. The summed E-state index contributed by atoms with van der Waals surface area (Å²) in [5.74, 6) is -1.24. The van der Waals surface area contributed by atoms with Crippen molar-refractivity contribution < 1.29 is 14.7 Å². The van der Waals surface area contributed by atoms with E-state index in [-0.39, 0.29) is 24.8 Å². The molecule has 1 aromatic carbocycles. The summed E-state index contributed by atoms with van der Waals surface area (Å²) in [5.41, 5.74) is 6.98. The van der Waals surface area contributed by atoms with Crippen molar-refractivity contribution in [3.63, 3.8) is 0 Å². The monoisotopic (exact) mass is 414 g/mol. The molecule has 11 nitrogen and oxygen atoms in total. The zero-order chi connectivity index (χ0) is 21.5. The quantitative estimate of drug-likeness (QED) is 0.337. The Kier molecular flexibility index (Phi) is 6.96. The fraction of sp³-hybridized carbons (Fsp3) is 0.421. The third kappa shape index (κ3) is 6.01. The van der Waals surface area contributed by atoms with Gasteiger partial charge in [0.25, 0.3) is 0 Å². The lowest BCUT2D eigenvalue weighted by Gasteiger charge is -2.34. The molecule has 1 saturated heterocycles. The van der Waals surface area contributed by atoms with E-state index in [4.69, 9.17) is 16.2 Å². The van der Waals surface area contributed by atoms with Gasteiger partial charge in [-0.15, -0.1) is 5.10 Å². The van der Waals surface area contributed by atoms with E-state index < -0.39 is 12.0 Å². The van der Waals surface area contributed by atoms with Crippen LogP contribution in [0.3, 0.4) is 0 Å². The second-order valence-corrected chi connectivity index (χ2v) is 7.18. The predicted molar refractivity (Wildman–Crippen MR) is 108 cm³/mol. The number of carbonyl (C=O) groups is 2. The van der Waals surface area contributed by atoms with Gasteiger partial charge in [0.15, 0.2) is 5.96 Å². The van der Waals surface area contributed by atoms with E-state index in [9.17, 15) is 9.59 Å². The first-order valence-corrected chi connectivity index (χ1v) is 9.67. The number of nitrogens with zero attached hydrogens (tertiary/aromatic N) is 5. The number of hydrogen-bond donors (Lipinski definition) is 4. The molecule has 0 spiro atoms. The number of hydrogen-bond acceptors (Lipinski definition) is 6. The molecule has 1 aliphatic rings. The molecule has 0 unspecified atom stereocenters. The Morgan fingerprint density at radius 2 is 1.90 bits per heavy atom. The van der Waals surface area contributed by atoms with Crippen LogP contribution in [-0.4, -0.2) is 73.9 Å². The Hall–Kier alpha value is -3.47. The van der Waals surface area contributed by atoms with E-state index in [1.807, 2.05) is 11.0 Å². The van der Waals surface area contributed by atoms with Crippen molar-refractivity contribution in [2.45, 2.75) is 25.6 Å². The van der Waals surface area contributed by atoms with Gasteiger partial charge in [-0.25, -0.2) is 4.68 Å². The number of carbonyl (C=O) groups excluding carboxylic acids is 1. The van der Waals surface area contributed by atoms with Crippen molar-refractivity contribution in [3.05, 3.63) is 47.8 Å². The molecule has 0 saturated carbocycles. The number of amides is 1. The number of aliphatic carboxylic acids is 1. The number of nitrogens with one attached hydrogen (secondary N) is 2. The van der Waals surface area contributed by atoms with Gasteiger partial charge in [-0.05, 0) is 5.56 Å². The molecule has 0 radical (unpaired) electrons. The minimum absolute atomic E-state index is 0.0476. The standard InChI is InChI=1S/C19H26N8O3/c20-19(21)26-8-6-25(7-9-26)11-15-12-27(24-23-15)13-17(28)22-16(10-18(29)30)14-4-2-1-3-5-14/h1-5,12,16H,6-11,13H2,(H3,20,21)(H,22,28)(H,29,30)/t16-/m1/s1. The topological polar surface area (TPSA) is 153 Å². The number of piperazine rings is 1. The van der Waals surface area contributed by atoms with Gasteiger partial charge in [0.2, 0.25) is 5.91 Å². The fourth-order valence-electron chi connectivity index (χ4n) is 3.36. The molecule has 5 N–H and O–H groups in total. The summed E-state index contributed by atoms with van der Waals surface area (Å²) >= 11 is 0. The molecular formula is C19H26N8O3. The summed E-state index contributed by atoms with van der Waals surface area (Å²) in [5, 5.41) is 27.5. The number of benzene rings is 1. The molecule has 2 aromatic rings. The highest BCUT2D eigenvalue weighted by atomic mass is 16.4. The minimum atomic E-state index is -0.989. The Labute approximate surface area is 174 Å². The smallest absolute Gasteiger partial charge is 0.305 e. The van der Waals surface area contributed by atoms with Gasteiger partial charge in [0.05, 0.1) is 24.4 Å². The van der Waals surface area contributed by atoms with Gasteiger partial charge in [-0.1, -0.05) is 35.5 Å². The second-order valence-electron chi connectivity index (χ2n) is 7.18. The van der Waals surface area contributed by atoms with Crippen LogP contribution >= 0.6 is 0 Å². The Morgan fingerprint density at radius 3 is 2.53 bits per heavy atom. The average molecular weight is 414 g/mol. The number of guanidine groups is 1. The largest absolute Gasteiger partial charge is 0.481 e. The van der Waals surface area contributed by atoms with E-state index in [1.165, 1.54) is 4.68 Å². The molecule has 1 amide bonds. The SMILES string of the molecule is N=C(N)N1CCN(Cc2cn(CC(=O)N[C@H](CC(=O)O)c3ccccc3)nn2)CC1. The molecule has 160 valence electrons. The summed E-state index contributed by atoms with van der Waals surface area (Å²) in [6, 6.07) is 8.39. The van der Waals surface area contributed by atoms with Crippen LogP contribution in [0.25, 0.3) is 0 Å². The van der Waals surface area contributed by atoms with Crippen molar-refractivity contribution in [1.29, 1.82) is 5.41 Å². The van der Waals surface area contributed by atoms with Gasteiger partial charge >= 0.3 is 5.97 Å². The Morgan fingerprint density at radius 1 is 1.20 bits per heavy atom. The van der Waals surface area contributed by atoms with Crippen molar-refractivity contribution in [1.82, 2.24) is 30.1 Å². The highest BCUT2D eigenvalue weighted by Crippen LogP contribution is 2.16. The van der Waals surface area contributed by atoms with Crippen LogP contribution in [0.15, 0.2) is 36.5 Å². The van der Waals surface area contributed by atoms with Gasteiger partial charge < -0.3 is 21.1 Å². The molecule has 1 aliphatic heterocycles. The first kappa shape index (κ1) is 21.2. The van der Waals surface area contributed by atoms with E-state index in [2.05, 4.69) is 20.5 Å². The number of nitrogens with two attached hydrogens (primary N) is 1. The van der Waals surface area contributed by atoms with Gasteiger partial charge in [0.1, 0.15) is 6.54 Å². The molecule has 0 bridgehead atoms. The predicted octanol–water partition coefficient (Wildman–Crippen LogP) is -0.379. The Balaban J connectivity index is 1.52. The van der Waals surface area contributed by atoms with Crippen LogP contribution in [0.2, 0.25) is 0 Å². The lowest BCUT2D eigenvalue weighted by molar-refractivity contribution is -0.137. The number of aromatic nitrogens is 3. The van der Waals surface area contributed by atoms with Crippen molar-refractivity contribution in [2.75, 3.05) is 26.2 Å². The van der Waals surface area contributed by atoms with Crippen LogP contribution in [-0.2, 0) is 22.7 Å². The third-order valence-corrected chi connectivity index (χ3v) is 4.91. The maximum absolute atomic E-state index is 12.4. The number of rotatable bonds is 8. The van der Waals surface area contributed by atoms with Crippen LogP contribution in [0.1, 0.15) is 23.7 Å². The Bertz CT molecular complexity index is 877. The molecule has 1 aromatic heterocycles. The molecule has 3 rings (SSSR count). The molecular weight excluding hydrogens is 388 g/mol. The van der Waals surface area contributed by atoms with E-state index >= 15 is 0 Å². The van der Waals surface area contributed by atoms with E-state index in [0.717, 1.165) is 24.3 Å². The first-order valence-electron chi connectivity index (χ1n) is 9.67. The van der Waals surface area contributed by atoms with Gasteiger partial charge in [0, 0.05) is 32.7 Å². The average Bonchev–Trinajstić information content (AvgIpc) is 3.14. The highest BCUT2D eigenvalue weighted by Gasteiger charge is 2.20. The lowest BCUT2D eigenvalue weighted by Crippen LogP contribution is -2.50. The molecule has 1 atom stereocenters. The third-order valence-electron chi connectivity index (χ3n) is 4.91. The second kappa shape index (κ2) is 9.83. The summed E-state index contributed by atoms with van der Waals surface area (Å²) in [7, 11) is 0. The normalized spacial score (nSPS) is 15.5. The maximum atomic E-state index is 12.4. The number of carboxylic acid groups (broad SMARTS) is 1. The summed E-state index contributed by atoms with van der Waals surface area (Å²) in [4.78, 5) is 27.6. The zero-order valence-electron chi connectivity index (χ0n) is 16.6. The van der Waals surface area contributed by atoms with Crippen LogP contribution in [0.5, 0.6) is 0 Å². The summed E-state index contributed by atoms with van der Waals surface area (Å²) in [6.07, 6.45) is 1.51. The molecule has 0 aliphatic carbocycles. The molecule has 30 heavy (non-hydrogen) atoms. The first-order chi connectivity index (χ1) is 14.4. The number of carboxylic acids is 1. The van der Waals surface area contributed by atoms with Gasteiger partial charge in [-0.2, -0.15) is 0 Å². The van der Waals surface area contributed by atoms with E-state index in [1.54, 1.807) is 30.5 Å². The maximum Gasteiger partial charge on any atom is 0.305 e. The lowest BCUT2D eigenvalue weighted by atomic mass is 10.0. The zero-order valence-corrected chi connectivity index (χ0v) is 16.6. The van der Waals surface area contributed by atoms with Crippen LogP contribution < -0.4 is 11.1 Å². The summed E-state index contributed by atoms with van der Waals surface area (Å²) < 4.78 is 1.44. The highest BCUT2D eigenvalue weighted by molar-refractivity contribution is 5.77. The fourth-order valence-corrected chi connectivity index (χ4v) is 3.36. The van der Waals surface area contributed by atoms with Crippen molar-refractivity contribution >= 4 is 17.8 Å². The minimum Gasteiger partial charge on any atom is -0.481 e. The van der Waals surface area contributed by atoms with Crippen molar-refractivity contribution in [2.24, 2.45) is 5.73 Å². The van der Waals surface area contributed by atoms with Gasteiger partial charge in [-0.3, -0.25) is 19.9 Å². The molecule has 1 fully saturated rings. The molecule has 11 heteroatoms. The van der Waals surface area contributed by atoms with Crippen LogP contribution in [0, 0.1) is 5.41 Å². The summed E-state index contributed by atoms with van der Waals surface area (Å²) in [6.45, 7) is 3.46. The van der Waals surface area contributed by atoms with E-state index in [0.29, 0.717) is 19.6 Å². The van der Waals surface area contributed by atoms with Crippen molar-refractivity contribution in [3.8, 4) is 0 Å².